The minimum Gasteiger partial charge on any atom is -0.382 e. The molecule has 0 atom stereocenters. The second kappa shape index (κ2) is 3.90. The summed E-state index contributed by atoms with van der Waals surface area (Å²) in [7, 11) is 2.13. The Balaban J connectivity index is 2.35. The van der Waals surface area contributed by atoms with Crippen LogP contribution in [-0.2, 0) is 13.0 Å². The van der Waals surface area contributed by atoms with Crippen molar-refractivity contribution in [1.29, 1.82) is 0 Å². The van der Waals surface area contributed by atoms with Gasteiger partial charge in [0.15, 0.2) is 0 Å². The number of amidine groups is 1. The molecule has 0 aliphatic carbocycles. The Morgan fingerprint density at radius 2 is 2.20 bits per heavy atom. The average molecular weight is 204 g/mol. The van der Waals surface area contributed by atoms with Crippen molar-refractivity contribution in [1.82, 2.24) is 4.90 Å². The quantitative estimate of drug-likeness (QED) is 0.298. The van der Waals surface area contributed by atoms with Crippen LogP contribution in [0.2, 0.25) is 0 Å². The highest BCUT2D eigenvalue weighted by atomic mass is 15.2. The minimum absolute atomic E-state index is 0.400. The molecule has 0 saturated heterocycles. The summed E-state index contributed by atoms with van der Waals surface area (Å²) in [4.78, 5) is 2.31. The number of hydrazone groups is 1. The molecule has 1 aromatic rings. The van der Waals surface area contributed by atoms with E-state index in [1.54, 1.807) is 0 Å². The average Bonchev–Trinajstić information content (AvgIpc) is 2.27. The maximum Gasteiger partial charge on any atom is 0.150 e. The van der Waals surface area contributed by atoms with Crippen molar-refractivity contribution in [2.45, 2.75) is 13.0 Å². The van der Waals surface area contributed by atoms with Crippen LogP contribution in [0.4, 0.5) is 0 Å². The molecule has 4 heteroatoms. The summed E-state index contributed by atoms with van der Waals surface area (Å²) in [5, 5.41) is 3.51. The van der Waals surface area contributed by atoms with Crippen LogP contribution in [0.25, 0.3) is 0 Å². The van der Waals surface area contributed by atoms with Crippen LogP contribution in [0.3, 0.4) is 0 Å². The highest BCUT2D eigenvalue weighted by Crippen LogP contribution is 2.19. The van der Waals surface area contributed by atoms with Gasteiger partial charge in [-0.3, -0.25) is 0 Å². The van der Waals surface area contributed by atoms with Gasteiger partial charge in [-0.1, -0.05) is 12.1 Å². The number of hydrogen-bond donors (Lipinski definition) is 2. The fraction of sp³-hybridized carbons (Fsp3) is 0.364. The lowest BCUT2D eigenvalue weighted by molar-refractivity contribution is 0.313. The number of benzene rings is 1. The van der Waals surface area contributed by atoms with Crippen molar-refractivity contribution >= 4 is 5.84 Å². The van der Waals surface area contributed by atoms with E-state index in [0.717, 1.165) is 25.1 Å². The van der Waals surface area contributed by atoms with Gasteiger partial charge in [-0.2, -0.15) is 5.10 Å². The van der Waals surface area contributed by atoms with Gasteiger partial charge in [0.05, 0.1) is 0 Å². The normalized spacial score (nSPS) is 17.5. The van der Waals surface area contributed by atoms with Gasteiger partial charge >= 0.3 is 0 Å². The number of fused-ring (bicyclic) bond motifs is 1. The van der Waals surface area contributed by atoms with Gasteiger partial charge in [-0.05, 0) is 30.7 Å². The number of hydrogen-bond acceptors (Lipinski definition) is 3. The molecule has 4 N–H and O–H groups in total. The largest absolute Gasteiger partial charge is 0.382 e. The van der Waals surface area contributed by atoms with Crippen molar-refractivity contribution in [2.24, 2.45) is 16.7 Å². The highest BCUT2D eigenvalue weighted by molar-refractivity contribution is 5.97. The third-order valence-electron chi connectivity index (χ3n) is 2.84. The van der Waals surface area contributed by atoms with Crippen LogP contribution >= 0.6 is 0 Å². The summed E-state index contributed by atoms with van der Waals surface area (Å²) in [5.41, 5.74) is 9.32. The molecule has 0 bridgehead atoms. The Morgan fingerprint density at radius 3 is 2.93 bits per heavy atom. The fourth-order valence-electron chi connectivity index (χ4n) is 1.93. The summed E-state index contributed by atoms with van der Waals surface area (Å²) in [6.45, 7) is 2.10. The highest BCUT2D eigenvalue weighted by Gasteiger charge is 2.13. The van der Waals surface area contributed by atoms with Gasteiger partial charge < -0.3 is 16.5 Å². The second-order valence-corrected chi connectivity index (χ2v) is 3.99. The third kappa shape index (κ3) is 1.94. The molecule has 1 aliphatic rings. The maximum absolute atomic E-state index is 5.67. The Morgan fingerprint density at radius 1 is 1.40 bits per heavy atom. The van der Waals surface area contributed by atoms with Crippen LogP contribution < -0.4 is 11.6 Å². The van der Waals surface area contributed by atoms with E-state index in [1.807, 2.05) is 6.07 Å². The molecule has 0 spiro atoms. The van der Waals surface area contributed by atoms with E-state index in [0.29, 0.717) is 5.84 Å². The molecule has 2 rings (SSSR count). The summed E-state index contributed by atoms with van der Waals surface area (Å²) < 4.78 is 0. The zero-order valence-corrected chi connectivity index (χ0v) is 8.90. The molecule has 0 amide bonds. The van der Waals surface area contributed by atoms with Crippen molar-refractivity contribution in [3.8, 4) is 0 Å². The van der Waals surface area contributed by atoms with Crippen molar-refractivity contribution in [3.63, 3.8) is 0 Å². The molecule has 15 heavy (non-hydrogen) atoms. The molecule has 0 unspecified atom stereocenters. The Kier molecular flexibility index (Phi) is 2.60. The van der Waals surface area contributed by atoms with Crippen LogP contribution in [0.5, 0.6) is 0 Å². The van der Waals surface area contributed by atoms with Crippen molar-refractivity contribution in [3.05, 3.63) is 34.9 Å². The molecular formula is C11H16N4. The zero-order valence-electron chi connectivity index (χ0n) is 8.90. The first-order chi connectivity index (χ1) is 7.20. The topological polar surface area (TPSA) is 67.6 Å². The lowest BCUT2D eigenvalue weighted by atomic mass is 9.97. The smallest absolute Gasteiger partial charge is 0.150 e. The molecule has 80 valence electrons. The third-order valence-corrected chi connectivity index (χ3v) is 2.84. The van der Waals surface area contributed by atoms with Gasteiger partial charge in [-0.15, -0.1) is 0 Å². The Bertz CT molecular complexity index is 398. The molecule has 0 saturated carbocycles. The van der Waals surface area contributed by atoms with Crippen LogP contribution in [0, 0.1) is 0 Å². The first kappa shape index (κ1) is 9.98. The van der Waals surface area contributed by atoms with Crippen LogP contribution in [0.15, 0.2) is 23.3 Å². The van der Waals surface area contributed by atoms with E-state index in [9.17, 15) is 0 Å². The van der Waals surface area contributed by atoms with Gasteiger partial charge in [0, 0.05) is 18.7 Å². The molecule has 1 heterocycles. The Hall–Kier alpha value is -1.55. The van der Waals surface area contributed by atoms with E-state index >= 15 is 0 Å². The van der Waals surface area contributed by atoms with Gasteiger partial charge in [0.1, 0.15) is 5.84 Å². The predicted octanol–water partition coefficient (Wildman–Crippen LogP) is 0.254. The van der Waals surface area contributed by atoms with Gasteiger partial charge in [0.2, 0.25) is 0 Å². The van der Waals surface area contributed by atoms with E-state index in [2.05, 4.69) is 29.2 Å². The number of likely N-dealkylation sites (N-methyl/N-ethyl adjacent to an activating group) is 1. The molecule has 4 nitrogen and oxygen atoms in total. The summed E-state index contributed by atoms with van der Waals surface area (Å²) in [6.07, 6.45) is 1.07. The first-order valence-corrected chi connectivity index (χ1v) is 5.05. The van der Waals surface area contributed by atoms with E-state index in [-0.39, 0.29) is 0 Å². The summed E-state index contributed by atoms with van der Waals surface area (Å²) in [5.74, 6) is 5.56. The van der Waals surface area contributed by atoms with E-state index < -0.39 is 0 Å². The van der Waals surface area contributed by atoms with Gasteiger partial charge in [-0.25, -0.2) is 0 Å². The van der Waals surface area contributed by atoms with Crippen LogP contribution in [0.1, 0.15) is 16.7 Å². The monoisotopic (exact) mass is 204 g/mol. The number of nitrogens with zero attached hydrogens (tertiary/aromatic N) is 2. The van der Waals surface area contributed by atoms with Gasteiger partial charge in [0.25, 0.3) is 0 Å². The minimum atomic E-state index is 0.400. The maximum atomic E-state index is 5.67. The summed E-state index contributed by atoms with van der Waals surface area (Å²) >= 11 is 0. The number of nitrogens with two attached hydrogens (primary N) is 2. The molecule has 1 aromatic carbocycles. The molecule has 0 fully saturated rings. The molecular weight excluding hydrogens is 188 g/mol. The Labute approximate surface area is 89.6 Å². The fourth-order valence-corrected chi connectivity index (χ4v) is 1.93. The number of rotatable bonds is 1. The van der Waals surface area contributed by atoms with E-state index in [1.165, 1.54) is 11.1 Å². The lowest BCUT2D eigenvalue weighted by Gasteiger charge is -2.25. The zero-order chi connectivity index (χ0) is 10.8. The SMILES string of the molecule is CN1CCc2cc(/C(N)=N/N)ccc2C1. The lowest BCUT2D eigenvalue weighted by Crippen LogP contribution is -2.27. The molecule has 0 radical (unpaired) electrons. The van der Waals surface area contributed by atoms with E-state index in [4.69, 9.17) is 11.6 Å². The first-order valence-electron chi connectivity index (χ1n) is 5.05. The second-order valence-electron chi connectivity index (χ2n) is 3.99. The summed E-state index contributed by atoms with van der Waals surface area (Å²) in [6, 6.07) is 6.18. The molecule has 1 aliphatic heterocycles. The standard InChI is InChI=1S/C11H16N4/c1-15-5-4-8-6-9(11(12)14-13)2-3-10(8)7-15/h2-3,6H,4-5,7,13H2,1H3,(H2,12,14). The molecule has 0 aromatic heterocycles. The van der Waals surface area contributed by atoms with Crippen LogP contribution in [-0.4, -0.2) is 24.3 Å². The van der Waals surface area contributed by atoms with Crippen molar-refractivity contribution < 1.29 is 0 Å². The van der Waals surface area contributed by atoms with Crippen molar-refractivity contribution in [2.75, 3.05) is 13.6 Å². The predicted molar refractivity (Wildman–Crippen MR) is 61.4 cm³/mol.